The summed E-state index contributed by atoms with van der Waals surface area (Å²) < 4.78 is 0. The van der Waals surface area contributed by atoms with Gasteiger partial charge in [-0.15, -0.1) is 0 Å². The van der Waals surface area contributed by atoms with Crippen molar-refractivity contribution >= 4 is 35.0 Å². The molecule has 0 heterocycles. The second-order valence-electron chi connectivity index (χ2n) is 7.66. The van der Waals surface area contributed by atoms with Crippen LogP contribution in [-0.2, 0) is 29.0 Å². The van der Waals surface area contributed by atoms with E-state index in [2.05, 4.69) is 36.5 Å². The van der Waals surface area contributed by atoms with Gasteiger partial charge in [0.25, 0.3) is 0 Å². The molecule has 2 rings (SSSR count). The molecule has 0 aromatic heterocycles. The summed E-state index contributed by atoms with van der Waals surface area (Å²) in [7, 11) is 0. The SMILES string of the molecule is CCCNC(=O)[C@H](CC)N(Cc1ccc(Cl)c(Cl)c1)C(=O)CCc1ccc(CC)cc1. The van der Waals surface area contributed by atoms with E-state index in [0.717, 1.165) is 24.0 Å². The number of amides is 2. The first kappa shape index (κ1) is 25.2. The van der Waals surface area contributed by atoms with Gasteiger partial charge in [0, 0.05) is 19.5 Å². The summed E-state index contributed by atoms with van der Waals surface area (Å²) in [5.41, 5.74) is 3.23. The predicted molar refractivity (Wildman–Crippen MR) is 129 cm³/mol. The maximum absolute atomic E-state index is 13.3. The van der Waals surface area contributed by atoms with E-state index in [0.29, 0.717) is 42.4 Å². The number of halogens is 2. The highest BCUT2D eigenvalue weighted by Crippen LogP contribution is 2.24. The van der Waals surface area contributed by atoms with E-state index in [1.807, 2.05) is 19.9 Å². The van der Waals surface area contributed by atoms with E-state index in [9.17, 15) is 9.59 Å². The highest BCUT2D eigenvalue weighted by atomic mass is 35.5. The highest BCUT2D eigenvalue weighted by Gasteiger charge is 2.28. The summed E-state index contributed by atoms with van der Waals surface area (Å²) in [6.07, 6.45) is 3.34. The summed E-state index contributed by atoms with van der Waals surface area (Å²) in [5.74, 6) is -0.172. The molecule has 0 saturated carbocycles. The van der Waals surface area contributed by atoms with Gasteiger partial charge >= 0.3 is 0 Å². The van der Waals surface area contributed by atoms with Gasteiger partial charge < -0.3 is 10.2 Å². The number of rotatable bonds is 11. The van der Waals surface area contributed by atoms with Crippen LogP contribution in [0.1, 0.15) is 56.7 Å². The molecule has 0 aliphatic heterocycles. The largest absolute Gasteiger partial charge is 0.354 e. The van der Waals surface area contributed by atoms with Crippen LogP contribution in [0.15, 0.2) is 42.5 Å². The molecule has 0 aliphatic carbocycles. The van der Waals surface area contributed by atoms with Crippen LogP contribution in [0.2, 0.25) is 10.0 Å². The van der Waals surface area contributed by atoms with Crippen LogP contribution in [0.5, 0.6) is 0 Å². The summed E-state index contributed by atoms with van der Waals surface area (Å²) >= 11 is 12.2. The quantitative estimate of drug-likeness (QED) is 0.456. The zero-order chi connectivity index (χ0) is 22.8. The van der Waals surface area contributed by atoms with Gasteiger partial charge in [-0.3, -0.25) is 9.59 Å². The lowest BCUT2D eigenvalue weighted by atomic mass is 10.0. The molecular formula is C25H32Cl2N2O2. The lowest BCUT2D eigenvalue weighted by Crippen LogP contribution is -2.49. The van der Waals surface area contributed by atoms with Gasteiger partial charge in [-0.2, -0.15) is 0 Å². The molecule has 0 fully saturated rings. The zero-order valence-corrected chi connectivity index (χ0v) is 20.1. The molecule has 168 valence electrons. The van der Waals surface area contributed by atoms with E-state index >= 15 is 0 Å². The average molecular weight is 463 g/mol. The molecule has 31 heavy (non-hydrogen) atoms. The number of nitrogens with zero attached hydrogens (tertiary/aromatic N) is 1. The van der Waals surface area contributed by atoms with Gasteiger partial charge in [0.05, 0.1) is 10.0 Å². The molecule has 0 bridgehead atoms. The Morgan fingerprint density at radius 1 is 0.935 bits per heavy atom. The third kappa shape index (κ3) is 7.55. The van der Waals surface area contributed by atoms with Gasteiger partial charge in [-0.05, 0) is 54.5 Å². The predicted octanol–water partition coefficient (Wildman–Crippen LogP) is 5.82. The first-order valence-electron chi connectivity index (χ1n) is 11.0. The van der Waals surface area contributed by atoms with Gasteiger partial charge in [0.1, 0.15) is 6.04 Å². The zero-order valence-electron chi connectivity index (χ0n) is 18.6. The number of carbonyl (C=O) groups excluding carboxylic acids is 2. The number of carbonyl (C=O) groups is 2. The molecule has 2 aromatic rings. The Bertz CT molecular complexity index is 868. The highest BCUT2D eigenvalue weighted by molar-refractivity contribution is 6.42. The first-order valence-corrected chi connectivity index (χ1v) is 11.7. The summed E-state index contributed by atoms with van der Waals surface area (Å²) in [6.45, 7) is 6.95. The van der Waals surface area contributed by atoms with Crippen LogP contribution in [0.4, 0.5) is 0 Å². The molecule has 2 amide bonds. The Kier molecular flexibility index (Phi) is 10.4. The van der Waals surface area contributed by atoms with Crippen molar-refractivity contribution in [2.45, 2.75) is 65.5 Å². The van der Waals surface area contributed by atoms with Crippen LogP contribution in [0.25, 0.3) is 0 Å². The third-order valence-corrected chi connectivity index (χ3v) is 6.07. The van der Waals surface area contributed by atoms with Crippen molar-refractivity contribution < 1.29 is 9.59 Å². The standard InChI is InChI=1S/C25H32Cl2N2O2/c1-4-15-28-25(31)23(6-3)29(17-20-11-13-21(26)22(27)16-20)24(30)14-12-19-9-7-18(5-2)8-10-19/h7-11,13,16,23H,4-6,12,14-15,17H2,1-3H3,(H,28,31)/t23-/m0/s1. The first-order chi connectivity index (χ1) is 14.9. The van der Waals surface area contributed by atoms with Crippen LogP contribution in [-0.4, -0.2) is 29.3 Å². The number of hydrogen-bond donors (Lipinski definition) is 1. The number of nitrogens with one attached hydrogen (secondary N) is 1. The molecule has 2 aromatic carbocycles. The summed E-state index contributed by atoms with van der Waals surface area (Å²) in [5, 5.41) is 3.83. The average Bonchev–Trinajstić information content (AvgIpc) is 2.78. The maximum atomic E-state index is 13.3. The summed E-state index contributed by atoms with van der Waals surface area (Å²) in [4.78, 5) is 27.7. The van der Waals surface area contributed by atoms with Gasteiger partial charge in [0.2, 0.25) is 11.8 Å². The Morgan fingerprint density at radius 2 is 1.58 bits per heavy atom. The molecule has 0 aliphatic rings. The van der Waals surface area contributed by atoms with E-state index in [1.54, 1.807) is 17.0 Å². The van der Waals surface area contributed by atoms with Gasteiger partial charge in [-0.25, -0.2) is 0 Å². The molecule has 4 nitrogen and oxygen atoms in total. The van der Waals surface area contributed by atoms with Crippen molar-refractivity contribution in [2.75, 3.05) is 6.54 Å². The van der Waals surface area contributed by atoms with Crippen LogP contribution in [0.3, 0.4) is 0 Å². The fourth-order valence-corrected chi connectivity index (χ4v) is 3.78. The van der Waals surface area contributed by atoms with Crippen molar-refractivity contribution in [1.82, 2.24) is 10.2 Å². The Hall–Kier alpha value is -2.04. The smallest absolute Gasteiger partial charge is 0.242 e. The molecular weight excluding hydrogens is 431 g/mol. The Morgan fingerprint density at radius 3 is 2.16 bits per heavy atom. The van der Waals surface area contributed by atoms with Crippen molar-refractivity contribution in [3.8, 4) is 0 Å². The third-order valence-electron chi connectivity index (χ3n) is 5.33. The summed E-state index contributed by atoms with van der Waals surface area (Å²) in [6, 6.07) is 13.1. The fourth-order valence-electron chi connectivity index (χ4n) is 3.46. The maximum Gasteiger partial charge on any atom is 0.242 e. The Balaban J connectivity index is 2.19. The monoisotopic (exact) mass is 462 g/mol. The number of aryl methyl sites for hydroxylation is 2. The molecule has 0 radical (unpaired) electrons. The minimum atomic E-state index is -0.532. The van der Waals surface area contributed by atoms with Crippen molar-refractivity contribution in [3.63, 3.8) is 0 Å². The van der Waals surface area contributed by atoms with Crippen LogP contribution >= 0.6 is 23.2 Å². The van der Waals surface area contributed by atoms with E-state index in [-0.39, 0.29) is 11.8 Å². The van der Waals surface area contributed by atoms with E-state index in [4.69, 9.17) is 23.2 Å². The van der Waals surface area contributed by atoms with Crippen LogP contribution in [0, 0.1) is 0 Å². The second kappa shape index (κ2) is 12.7. The lowest BCUT2D eigenvalue weighted by Gasteiger charge is -2.31. The van der Waals surface area contributed by atoms with Crippen molar-refractivity contribution in [1.29, 1.82) is 0 Å². The minimum Gasteiger partial charge on any atom is -0.354 e. The lowest BCUT2D eigenvalue weighted by molar-refractivity contribution is -0.141. The second-order valence-corrected chi connectivity index (χ2v) is 8.47. The Labute approximate surface area is 195 Å². The molecule has 1 atom stereocenters. The molecule has 0 unspecified atom stereocenters. The normalized spacial score (nSPS) is 11.8. The molecule has 1 N–H and O–H groups in total. The molecule has 0 saturated heterocycles. The van der Waals surface area contributed by atoms with Crippen molar-refractivity contribution in [2.24, 2.45) is 0 Å². The van der Waals surface area contributed by atoms with Crippen molar-refractivity contribution in [3.05, 3.63) is 69.2 Å². The molecule has 0 spiro atoms. The number of benzene rings is 2. The number of hydrogen-bond acceptors (Lipinski definition) is 2. The van der Waals surface area contributed by atoms with Gasteiger partial charge in [0.15, 0.2) is 0 Å². The van der Waals surface area contributed by atoms with Gasteiger partial charge in [-0.1, -0.05) is 74.3 Å². The van der Waals surface area contributed by atoms with E-state index in [1.165, 1.54) is 5.56 Å². The fraction of sp³-hybridized carbons (Fsp3) is 0.440. The minimum absolute atomic E-state index is 0.0517. The molecule has 6 heteroatoms. The topological polar surface area (TPSA) is 49.4 Å². The van der Waals surface area contributed by atoms with Crippen LogP contribution < -0.4 is 5.32 Å². The van der Waals surface area contributed by atoms with E-state index < -0.39 is 6.04 Å².